The molecule has 0 saturated heterocycles. The lowest BCUT2D eigenvalue weighted by Gasteiger charge is -2.20. The van der Waals surface area contributed by atoms with E-state index in [4.69, 9.17) is 5.73 Å². The van der Waals surface area contributed by atoms with Gasteiger partial charge in [0.25, 0.3) is 0 Å². The van der Waals surface area contributed by atoms with Crippen LogP contribution in [0.15, 0.2) is 43.0 Å². The Morgan fingerprint density at radius 3 is 2.67 bits per heavy atom. The van der Waals surface area contributed by atoms with Crippen molar-refractivity contribution in [3.05, 3.63) is 43.0 Å². The van der Waals surface area contributed by atoms with Gasteiger partial charge in [0.15, 0.2) is 0 Å². The number of anilines is 3. The van der Waals surface area contributed by atoms with Gasteiger partial charge in [0.05, 0.1) is 30.0 Å². The highest BCUT2D eigenvalue weighted by atomic mass is 32.2. The summed E-state index contributed by atoms with van der Waals surface area (Å²) >= 11 is 0. The largest absolute Gasteiger partial charge is 0.384 e. The van der Waals surface area contributed by atoms with Gasteiger partial charge in [-0.05, 0) is 24.6 Å². The molecule has 27 heavy (non-hydrogen) atoms. The van der Waals surface area contributed by atoms with Crippen LogP contribution in [-0.4, -0.2) is 45.6 Å². The van der Waals surface area contributed by atoms with E-state index in [-0.39, 0.29) is 23.8 Å². The SMILES string of the molecule is Cn1cc(N(c2nccc(-c3ccc(N)nc3)n2)S(=O)(=O)CCCF)cn1. The highest BCUT2D eigenvalue weighted by molar-refractivity contribution is 7.93. The van der Waals surface area contributed by atoms with Crippen LogP contribution in [0.5, 0.6) is 0 Å². The molecule has 0 spiro atoms. The van der Waals surface area contributed by atoms with Crippen LogP contribution in [0.4, 0.5) is 21.8 Å². The van der Waals surface area contributed by atoms with Gasteiger partial charge in [-0.25, -0.2) is 27.7 Å². The van der Waals surface area contributed by atoms with Crippen molar-refractivity contribution in [2.24, 2.45) is 7.05 Å². The fourth-order valence-corrected chi connectivity index (χ4v) is 3.81. The standard InChI is InChI=1S/C16H18FN7O2S/c1-23-11-13(10-21-23)24(27(25,26)8-2-6-17)16-19-7-5-14(22-16)12-3-4-15(18)20-9-12/h3-5,7,9-11H,2,6,8H2,1H3,(H2,18,20). The lowest BCUT2D eigenvalue weighted by Crippen LogP contribution is -2.30. The van der Waals surface area contributed by atoms with E-state index in [0.29, 0.717) is 17.1 Å². The molecular formula is C16H18FN7O2S. The van der Waals surface area contributed by atoms with Crippen LogP contribution in [-0.2, 0) is 17.1 Å². The predicted molar refractivity (Wildman–Crippen MR) is 99.4 cm³/mol. The number of rotatable bonds is 7. The summed E-state index contributed by atoms with van der Waals surface area (Å²) in [5.41, 5.74) is 6.99. The lowest BCUT2D eigenvalue weighted by molar-refractivity contribution is 0.484. The van der Waals surface area contributed by atoms with Gasteiger partial charge in [-0.2, -0.15) is 5.10 Å². The second kappa shape index (κ2) is 7.66. The van der Waals surface area contributed by atoms with Gasteiger partial charge < -0.3 is 5.73 Å². The monoisotopic (exact) mass is 391 g/mol. The second-order valence-corrected chi connectivity index (χ2v) is 7.65. The Morgan fingerprint density at radius 2 is 2.04 bits per heavy atom. The van der Waals surface area contributed by atoms with Gasteiger partial charge in [-0.15, -0.1) is 0 Å². The number of nitrogens with two attached hydrogens (primary N) is 1. The Bertz CT molecular complexity index is 1020. The fraction of sp³-hybridized carbons (Fsp3) is 0.250. The van der Waals surface area contributed by atoms with Crippen LogP contribution in [0.25, 0.3) is 11.3 Å². The third kappa shape index (κ3) is 4.19. The molecule has 0 unspecified atom stereocenters. The van der Waals surface area contributed by atoms with Gasteiger partial charge in [-0.1, -0.05) is 0 Å². The summed E-state index contributed by atoms with van der Waals surface area (Å²) in [6.07, 6.45) is 5.76. The number of aromatic nitrogens is 5. The molecule has 2 N–H and O–H groups in total. The van der Waals surface area contributed by atoms with Gasteiger partial charge in [-0.3, -0.25) is 9.07 Å². The molecule has 0 bridgehead atoms. The molecule has 0 amide bonds. The van der Waals surface area contributed by atoms with Crippen LogP contribution in [0.3, 0.4) is 0 Å². The van der Waals surface area contributed by atoms with Crippen molar-refractivity contribution < 1.29 is 12.8 Å². The zero-order valence-electron chi connectivity index (χ0n) is 14.5. The molecule has 11 heteroatoms. The third-order valence-electron chi connectivity index (χ3n) is 3.65. The first-order valence-electron chi connectivity index (χ1n) is 8.03. The van der Waals surface area contributed by atoms with Crippen molar-refractivity contribution in [3.8, 4) is 11.3 Å². The minimum Gasteiger partial charge on any atom is -0.384 e. The molecule has 0 aliphatic heterocycles. The zero-order valence-corrected chi connectivity index (χ0v) is 15.3. The van der Waals surface area contributed by atoms with Gasteiger partial charge >= 0.3 is 0 Å². The molecule has 0 fully saturated rings. The maximum Gasteiger partial charge on any atom is 0.244 e. The van der Waals surface area contributed by atoms with Crippen molar-refractivity contribution in [1.29, 1.82) is 0 Å². The summed E-state index contributed by atoms with van der Waals surface area (Å²) in [6.45, 7) is -0.738. The van der Waals surface area contributed by atoms with E-state index >= 15 is 0 Å². The maximum absolute atomic E-state index is 12.8. The number of aryl methyl sites for hydroxylation is 1. The lowest BCUT2D eigenvalue weighted by atomic mass is 10.2. The summed E-state index contributed by atoms with van der Waals surface area (Å²) in [5, 5.41) is 4.00. The summed E-state index contributed by atoms with van der Waals surface area (Å²) in [5.74, 6) is -0.0786. The Balaban J connectivity index is 2.07. The first-order chi connectivity index (χ1) is 12.9. The smallest absolute Gasteiger partial charge is 0.244 e. The minimum absolute atomic E-state index is 0.0591. The molecule has 9 nitrogen and oxygen atoms in total. The molecule has 0 aliphatic rings. The molecule has 3 rings (SSSR count). The summed E-state index contributed by atoms with van der Waals surface area (Å²) < 4.78 is 40.6. The molecule has 0 atom stereocenters. The van der Waals surface area contributed by atoms with E-state index in [1.165, 1.54) is 29.5 Å². The van der Waals surface area contributed by atoms with Gasteiger partial charge in [0, 0.05) is 31.2 Å². The average molecular weight is 391 g/mol. The summed E-state index contributed by atoms with van der Waals surface area (Å²) in [6, 6.07) is 4.97. The van der Waals surface area contributed by atoms with Crippen molar-refractivity contribution in [2.45, 2.75) is 6.42 Å². The van der Waals surface area contributed by atoms with Gasteiger partial charge in [0.1, 0.15) is 5.82 Å². The molecule has 0 saturated carbocycles. The topological polar surface area (TPSA) is 120 Å². The van der Waals surface area contributed by atoms with Crippen LogP contribution in [0.2, 0.25) is 0 Å². The number of nitrogens with zero attached hydrogens (tertiary/aromatic N) is 6. The molecule has 0 aromatic carbocycles. The molecule has 0 radical (unpaired) electrons. The van der Waals surface area contributed by atoms with E-state index in [0.717, 1.165) is 4.31 Å². The highest BCUT2D eigenvalue weighted by Crippen LogP contribution is 2.28. The van der Waals surface area contributed by atoms with E-state index in [1.807, 2.05) is 0 Å². The second-order valence-electron chi connectivity index (χ2n) is 5.71. The molecule has 3 aromatic rings. The predicted octanol–water partition coefficient (Wildman–Crippen LogP) is 1.68. The van der Waals surface area contributed by atoms with E-state index in [2.05, 4.69) is 20.1 Å². The van der Waals surface area contributed by atoms with Crippen molar-refractivity contribution in [2.75, 3.05) is 22.5 Å². The number of sulfonamides is 1. The normalized spacial score (nSPS) is 11.5. The fourth-order valence-electron chi connectivity index (χ4n) is 2.41. The first kappa shape index (κ1) is 18.7. The number of alkyl halides is 1. The highest BCUT2D eigenvalue weighted by Gasteiger charge is 2.28. The molecule has 142 valence electrons. The van der Waals surface area contributed by atoms with Crippen LogP contribution >= 0.6 is 0 Å². The Hall–Kier alpha value is -3.08. The molecule has 3 heterocycles. The maximum atomic E-state index is 12.8. The van der Waals surface area contributed by atoms with Crippen molar-refractivity contribution >= 4 is 27.5 Å². The summed E-state index contributed by atoms with van der Waals surface area (Å²) in [7, 11) is -2.24. The zero-order chi connectivity index (χ0) is 19.4. The third-order valence-corrected chi connectivity index (χ3v) is 5.38. The molecule has 3 aromatic heterocycles. The Labute approximate surface area is 155 Å². The number of pyridine rings is 1. The number of hydrogen-bond acceptors (Lipinski definition) is 7. The summed E-state index contributed by atoms with van der Waals surface area (Å²) in [4.78, 5) is 12.5. The Morgan fingerprint density at radius 1 is 1.22 bits per heavy atom. The average Bonchev–Trinajstić information content (AvgIpc) is 3.06. The minimum atomic E-state index is -3.90. The molecular weight excluding hydrogens is 373 g/mol. The van der Waals surface area contributed by atoms with Crippen LogP contribution < -0.4 is 10.0 Å². The quantitative estimate of drug-likeness (QED) is 0.650. The van der Waals surface area contributed by atoms with Crippen molar-refractivity contribution in [1.82, 2.24) is 24.7 Å². The molecule has 0 aliphatic carbocycles. The van der Waals surface area contributed by atoms with E-state index in [9.17, 15) is 12.8 Å². The van der Waals surface area contributed by atoms with Crippen LogP contribution in [0, 0.1) is 0 Å². The van der Waals surface area contributed by atoms with Gasteiger partial charge in [0.2, 0.25) is 16.0 Å². The Kier molecular flexibility index (Phi) is 5.31. The number of nitrogen functional groups attached to an aromatic ring is 1. The number of halogens is 1. The number of hydrogen-bond donors (Lipinski definition) is 1. The first-order valence-corrected chi connectivity index (χ1v) is 9.64. The van der Waals surface area contributed by atoms with Crippen LogP contribution in [0.1, 0.15) is 6.42 Å². The van der Waals surface area contributed by atoms with E-state index in [1.54, 1.807) is 25.2 Å². The van der Waals surface area contributed by atoms with Crippen molar-refractivity contribution in [3.63, 3.8) is 0 Å². The van der Waals surface area contributed by atoms with E-state index < -0.39 is 16.7 Å².